The molecule has 2 heterocycles. The highest BCUT2D eigenvalue weighted by Crippen LogP contribution is 2.36. The van der Waals surface area contributed by atoms with Crippen molar-refractivity contribution in [1.29, 1.82) is 0 Å². The van der Waals surface area contributed by atoms with Gasteiger partial charge in [0.15, 0.2) is 0 Å². The summed E-state index contributed by atoms with van der Waals surface area (Å²) in [6, 6.07) is 7.63. The summed E-state index contributed by atoms with van der Waals surface area (Å²) in [6.45, 7) is 1.27. The number of nitrogens with zero attached hydrogens (tertiary/aromatic N) is 2. The minimum Gasteiger partial charge on any atom is -0.495 e. The van der Waals surface area contributed by atoms with E-state index >= 15 is 0 Å². The smallest absolute Gasteiger partial charge is 0.332 e. The number of fused-ring (bicyclic) bond motifs is 1. The molecule has 166 valence electrons. The fourth-order valence-electron chi connectivity index (χ4n) is 3.62. The second-order valence-corrected chi connectivity index (χ2v) is 8.75. The molecule has 1 N–H and O–H groups in total. The fraction of sp³-hybridized carbons (Fsp3) is 0.227. The van der Waals surface area contributed by atoms with Crippen LogP contribution >= 0.6 is 23.4 Å². The second-order valence-electron chi connectivity index (χ2n) is 7.29. The summed E-state index contributed by atoms with van der Waals surface area (Å²) in [5.74, 6) is -0.821. The van der Waals surface area contributed by atoms with Gasteiger partial charge in [-0.2, -0.15) is 0 Å². The molecule has 2 aliphatic heterocycles. The number of hydrogen-bond donors (Lipinski definition) is 1. The molecule has 2 atom stereocenters. The van der Waals surface area contributed by atoms with Crippen LogP contribution in [0, 0.1) is 12.7 Å². The van der Waals surface area contributed by atoms with Crippen LogP contribution in [-0.4, -0.2) is 47.7 Å². The summed E-state index contributed by atoms with van der Waals surface area (Å²) in [4.78, 5) is 41.4. The van der Waals surface area contributed by atoms with Crippen LogP contribution in [-0.2, 0) is 9.59 Å². The lowest BCUT2D eigenvalue weighted by molar-refractivity contribution is -0.121. The van der Waals surface area contributed by atoms with Gasteiger partial charge in [0.1, 0.15) is 23.4 Å². The van der Waals surface area contributed by atoms with Gasteiger partial charge in [0.2, 0.25) is 5.91 Å². The number of ether oxygens (including phenoxy) is 1. The van der Waals surface area contributed by atoms with Crippen molar-refractivity contribution in [2.24, 2.45) is 0 Å². The van der Waals surface area contributed by atoms with Crippen LogP contribution in [0.1, 0.15) is 5.56 Å². The van der Waals surface area contributed by atoms with E-state index in [1.165, 1.54) is 42.0 Å². The molecule has 2 aliphatic rings. The van der Waals surface area contributed by atoms with E-state index in [1.807, 2.05) is 0 Å². The van der Waals surface area contributed by atoms with Gasteiger partial charge in [-0.15, -0.1) is 11.8 Å². The van der Waals surface area contributed by atoms with Gasteiger partial charge >= 0.3 is 6.03 Å². The maximum atomic E-state index is 13.7. The Labute approximate surface area is 193 Å². The van der Waals surface area contributed by atoms with E-state index in [4.69, 9.17) is 16.3 Å². The molecule has 10 heteroatoms. The third-order valence-corrected chi connectivity index (χ3v) is 6.60. The van der Waals surface area contributed by atoms with Crippen molar-refractivity contribution in [3.8, 4) is 5.75 Å². The molecule has 0 radical (unpaired) electrons. The normalized spacial score (nSPS) is 19.9. The number of hydrogen-bond acceptors (Lipinski definition) is 5. The Morgan fingerprint density at radius 3 is 2.72 bits per heavy atom. The van der Waals surface area contributed by atoms with Gasteiger partial charge in [-0.25, -0.2) is 14.1 Å². The van der Waals surface area contributed by atoms with Crippen LogP contribution in [0.3, 0.4) is 0 Å². The van der Waals surface area contributed by atoms with E-state index in [-0.39, 0.29) is 12.2 Å². The van der Waals surface area contributed by atoms with Gasteiger partial charge in [0.05, 0.1) is 23.9 Å². The summed E-state index contributed by atoms with van der Waals surface area (Å²) in [5.41, 5.74) is 1.01. The van der Waals surface area contributed by atoms with Gasteiger partial charge < -0.3 is 15.0 Å². The molecule has 0 saturated carbocycles. The lowest BCUT2D eigenvalue weighted by atomic mass is 10.1. The minimum atomic E-state index is -0.641. The summed E-state index contributed by atoms with van der Waals surface area (Å²) < 4.78 is 18.8. The molecule has 2 unspecified atom stereocenters. The molecule has 0 spiro atoms. The van der Waals surface area contributed by atoms with Crippen molar-refractivity contribution in [2.75, 3.05) is 23.9 Å². The average molecular weight is 476 g/mol. The Hall–Kier alpha value is -3.04. The fourth-order valence-corrected chi connectivity index (χ4v) is 4.92. The van der Waals surface area contributed by atoms with Crippen molar-refractivity contribution in [1.82, 2.24) is 4.90 Å². The topological polar surface area (TPSA) is 79.0 Å². The van der Waals surface area contributed by atoms with E-state index < -0.39 is 35.0 Å². The van der Waals surface area contributed by atoms with Gasteiger partial charge in [-0.3, -0.25) is 9.59 Å². The second kappa shape index (κ2) is 8.84. The molecule has 0 bridgehead atoms. The van der Waals surface area contributed by atoms with Crippen LogP contribution in [0.5, 0.6) is 5.75 Å². The van der Waals surface area contributed by atoms with E-state index in [1.54, 1.807) is 36.6 Å². The Balaban J connectivity index is 1.57. The zero-order valence-electron chi connectivity index (χ0n) is 17.2. The first-order chi connectivity index (χ1) is 15.3. The zero-order chi connectivity index (χ0) is 23.0. The number of anilines is 2. The monoisotopic (exact) mass is 475 g/mol. The predicted octanol–water partition coefficient (Wildman–Crippen LogP) is 4.20. The number of carbonyl (C=O) groups excluding carboxylic acids is 3. The number of carbonyl (C=O) groups is 3. The number of nitrogens with one attached hydrogen (secondary N) is 1. The number of amides is 4. The number of aryl methyl sites for hydroxylation is 1. The lowest BCUT2D eigenvalue weighted by Crippen LogP contribution is -2.63. The van der Waals surface area contributed by atoms with E-state index in [0.29, 0.717) is 22.0 Å². The first-order valence-electron chi connectivity index (χ1n) is 9.66. The summed E-state index contributed by atoms with van der Waals surface area (Å²) in [5, 5.41) is 4.20. The van der Waals surface area contributed by atoms with E-state index in [0.717, 1.165) is 4.90 Å². The molecular formula is C22H19ClFN3O4S. The number of imide groups is 1. The molecule has 1 fully saturated rings. The summed E-state index contributed by atoms with van der Waals surface area (Å²) in [6.07, 6.45) is 1.73. The maximum Gasteiger partial charge on any atom is 0.332 e. The minimum absolute atomic E-state index is 0.261. The van der Waals surface area contributed by atoms with E-state index in [9.17, 15) is 18.8 Å². The van der Waals surface area contributed by atoms with Crippen LogP contribution in [0.4, 0.5) is 20.6 Å². The Morgan fingerprint density at radius 2 is 2.03 bits per heavy atom. The highest BCUT2D eigenvalue weighted by molar-refractivity contribution is 8.03. The number of benzene rings is 2. The number of rotatable bonds is 5. The lowest BCUT2D eigenvalue weighted by Gasteiger charge is -2.40. The molecule has 2 aromatic carbocycles. The SMILES string of the molecule is COc1ccc(NC(=O)CN2C(=O)N(c3ccc(F)c(C)c3)C(=O)C3SC=CC32)cc1Cl. The Bertz CT molecular complexity index is 1140. The predicted molar refractivity (Wildman–Crippen MR) is 122 cm³/mol. The number of urea groups is 1. The number of halogens is 2. The zero-order valence-corrected chi connectivity index (χ0v) is 18.7. The van der Waals surface area contributed by atoms with Crippen LogP contribution in [0.15, 0.2) is 47.9 Å². The molecule has 2 aromatic rings. The highest BCUT2D eigenvalue weighted by Gasteiger charge is 2.48. The van der Waals surface area contributed by atoms with Crippen molar-refractivity contribution in [2.45, 2.75) is 18.2 Å². The van der Waals surface area contributed by atoms with Gasteiger partial charge in [0.25, 0.3) is 5.91 Å². The first-order valence-corrected chi connectivity index (χ1v) is 11.0. The Morgan fingerprint density at radius 1 is 1.25 bits per heavy atom. The molecule has 1 saturated heterocycles. The Kier molecular flexibility index (Phi) is 6.12. The van der Waals surface area contributed by atoms with Crippen molar-refractivity contribution >= 4 is 52.6 Å². The summed E-state index contributed by atoms with van der Waals surface area (Å²) >= 11 is 7.38. The van der Waals surface area contributed by atoms with Crippen LogP contribution < -0.4 is 15.0 Å². The first kappa shape index (κ1) is 22.2. The maximum absolute atomic E-state index is 13.7. The largest absolute Gasteiger partial charge is 0.495 e. The third-order valence-electron chi connectivity index (χ3n) is 5.22. The number of thioether (sulfide) groups is 1. The molecule has 0 aliphatic carbocycles. The van der Waals surface area contributed by atoms with Gasteiger partial charge in [0, 0.05) is 5.69 Å². The molecule has 7 nitrogen and oxygen atoms in total. The average Bonchev–Trinajstić information content (AvgIpc) is 3.24. The van der Waals surface area contributed by atoms with Gasteiger partial charge in [-0.05, 0) is 54.3 Å². The van der Waals surface area contributed by atoms with Gasteiger partial charge in [-0.1, -0.05) is 17.7 Å². The molecule has 32 heavy (non-hydrogen) atoms. The third kappa shape index (κ3) is 4.05. The standard InChI is InChI=1S/C22H19ClFN3O4S/c1-12-9-14(4-5-16(12)24)27-21(29)20-17(7-8-32-20)26(22(27)30)11-19(28)25-13-3-6-18(31-2)15(23)10-13/h3-10,17,20H,11H2,1-2H3,(H,25,28). The molecular weight excluding hydrogens is 457 g/mol. The molecule has 4 rings (SSSR count). The van der Waals surface area contributed by atoms with Crippen LogP contribution in [0.25, 0.3) is 0 Å². The van der Waals surface area contributed by atoms with Crippen molar-refractivity contribution in [3.05, 3.63) is 64.3 Å². The van der Waals surface area contributed by atoms with E-state index in [2.05, 4.69) is 5.32 Å². The molecule has 0 aromatic heterocycles. The number of methoxy groups -OCH3 is 1. The highest BCUT2D eigenvalue weighted by atomic mass is 35.5. The van der Waals surface area contributed by atoms with Crippen LogP contribution in [0.2, 0.25) is 5.02 Å². The quantitative estimate of drug-likeness (QED) is 0.701. The van der Waals surface area contributed by atoms with Crippen molar-refractivity contribution in [3.63, 3.8) is 0 Å². The van der Waals surface area contributed by atoms with Crippen molar-refractivity contribution < 1.29 is 23.5 Å². The summed E-state index contributed by atoms with van der Waals surface area (Å²) in [7, 11) is 1.49. The molecule has 4 amide bonds.